The molecule has 0 aliphatic rings. The number of benzene rings is 3. The molecule has 0 radical (unpaired) electrons. The van der Waals surface area contributed by atoms with Gasteiger partial charge in [0, 0.05) is 10.8 Å². The summed E-state index contributed by atoms with van der Waals surface area (Å²) >= 11 is 11.1. The number of hydrogen-bond acceptors (Lipinski definition) is 6. The van der Waals surface area contributed by atoms with Gasteiger partial charge in [0.25, 0.3) is 5.91 Å². The lowest BCUT2D eigenvalue weighted by molar-refractivity contribution is 0.0497. The van der Waals surface area contributed by atoms with Gasteiger partial charge in [0.1, 0.15) is 5.75 Å². The van der Waals surface area contributed by atoms with Gasteiger partial charge in [-0.2, -0.15) is 4.99 Å². The summed E-state index contributed by atoms with van der Waals surface area (Å²) in [7, 11) is 0. The average Bonchev–Trinajstić information content (AvgIpc) is 3.01. The monoisotopic (exact) mass is 622 g/mol. The molecule has 0 bridgehead atoms. The minimum Gasteiger partial charge on any atom is -0.506 e. The Balaban J connectivity index is 1.42. The van der Waals surface area contributed by atoms with Crippen molar-refractivity contribution in [1.29, 1.82) is 0 Å². The van der Waals surface area contributed by atoms with Crippen LogP contribution in [0.5, 0.6) is 5.75 Å². The van der Waals surface area contributed by atoms with E-state index in [0.717, 1.165) is 19.3 Å². The van der Waals surface area contributed by atoms with Crippen LogP contribution in [0.15, 0.2) is 53.5 Å². The fourth-order valence-corrected chi connectivity index (χ4v) is 5.40. The van der Waals surface area contributed by atoms with Crippen LogP contribution in [0.25, 0.3) is 10.8 Å². The third-order valence-corrected chi connectivity index (χ3v) is 8.01. The minimum absolute atomic E-state index is 0.00968. The first-order valence-corrected chi connectivity index (χ1v) is 16.4. The summed E-state index contributed by atoms with van der Waals surface area (Å²) in [5.74, 6) is -1.29. The van der Waals surface area contributed by atoms with Crippen molar-refractivity contribution < 1.29 is 19.4 Å². The quantitative estimate of drug-likeness (QED) is 0.0601. The Labute approximate surface area is 265 Å². The van der Waals surface area contributed by atoms with E-state index in [2.05, 4.69) is 22.4 Å². The van der Waals surface area contributed by atoms with Crippen molar-refractivity contribution in [2.75, 3.05) is 11.9 Å². The molecule has 0 unspecified atom stereocenters. The Morgan fingerprint density at radius 1 is 0.860 bits per heavy atom. The largest absolute Gasteiger partial charge is 0.506 e. The molecule has 0 fully saturated rings. The number of aromatic hydroxyl groups is 1. The molecule has 0 aromatic heterocycles. The number of carbonyl (C=O) groups is 2. The van der Waals surface area contributed by atoms with Crippen LogP contribution in [0.2, 0.25) is 5.02 Å². The smallest absolute Gasteiger partial charge is 0.338 e. The Hall–Kier alpha value is -3.25. The van der Waals surface area contributed by atoms with Crippen LogP contribution in [-0.4, -0.2) is 28.8 Å². The van der Waals surface area contributed by atoms with Gasteiger partial charge in [-0.3, -0.25) is 4.79 Å². The first kappa shape index (κ1) is 34.2. The molecule has 230 valence electrons. The number of amides is 1. The zero-order valence-corrected chi connectivity index (χ0v) is 26.7. The van der Waals surface area contributed by atoms with E-state index in [0.29, 0.717) is 23.1 Å². The van der Waals surface area contributed by atoms with Crippen molar-refractivity contribution in [1.82, 2.24) is 0 Å². The van der Waals surface area contributed by atoms with Crippen LogP contribution in [0.3, 0.4) is 0 Å². The van der Waals surface area contributed by atoms with Gasteiger partial charge >= 0.3 is 5.97 Å². The molecule has 0 aliphatic carbocycles. The number of isothiocyanates is 1. The summed E-state index contributed by atoms with van der Waals surface area (Å²) in [6.07, 6.45) is 17.7. The highest BCUT2D eigenvalue weighted by Crippen LogP contribution is 2.36. The van der Waals surface area contributed by atoms with Gasteiger partial charge in [0.15, 0.2) is 0 Å². The predicted molar refractivity (Wildman–Crippen MR) is 180 cm³/mol. The number of rotatable bonds is 19. The molecule has 3 rings (SSSR count). The second kappa shape index (κ2) is 19.1. The van der Waals surface area contributed by atoms with E-state index in [1.54, 1.807) is 30.3 Å². The molecule has 8 heteroatoms. The maximum absolute atomic E-state index is 13.2. The van der Waals surface area contributed by atoms with E-state index in [1.807, 2.05) is 0 Å². The van der Waals surface area contributed by atoms with Crippen LogP contribution >= 0.6 is 23.8 Å². The number of phenolic OH excluding ortho intramolecular Hbond substituents is 1. The summed E-state index contributed by atoms with van der Waals surface area (Å²) in [4.78, 5) is 29.9. The SMILES string of the molecule is CCCCCCCCCCCCCCCCOC(=O)c1ccc(Cl)c(NC(=O)c2cc(N=C=S)c3ccccc3c2O)c1. The number of halogens is 1. The molecule has 43 heavy (non-hydrogen) atoms. The first-order valence-electron chi connectivity index (χ1n) is 15.6. The fraction of sp³-hybridized carbons (Fsp3) is 0.457. The van der Waals surface area contributed by atoms with E-state index in [-0.39, 0.29) is 27.6 Å². The molecule has 0 heterocycles. The zero-order valence-electron chi connectivity index (χ0n) is 25.1. The number of nitrogens with zero attached hydrogens (tertiary/aromatic N) is 1. The van der Waals surface area contributed by atoms with Crippen molar-refractivity contribution in [3.8, 4) is 5.75 Å². The van der Waals surface area contributed by atoms with Crippen molar-refractivity contribution in [2.24, 2.45) is 4.99 Å². The van der Waals surface area contributed by atoms with Gasteiger partial charge in [0.2, 0.25) is 0 Å². The second-order valence-corrected chi connectivity index (χ2v) is 11.5. The highest BCUT2D eigenvalue weighted by Gasteiger charge is 2.19. The van der Waals surface area contributed by atoms with Gasteiger partial charge in [-0.05, 0) is 42.9 Å². The van der Waals surface area contributed by atoms with E-state index in [4.69, 9.17) is 28.6 Å². The third kappa shape index (κ3) is 11.1. The number of esters is 1. The van der Waals surface area contributed by atoms with E-state index < -0.39 is 11.9 Å². The molecule has 0 spiro atoms. The topological polar surface area (TPSA) is 88.0 Å². The Kier molecular flexibility index (Phi) is 15.2. The maximum atomic E-state index is 13.2. The van der Waals surface area contributed by atoms with Crippen LogP contribution in [0.1, 0.15) is 118 Å². The van der Waals surface area contributed by atoms with Crippen molar-refractivity contribution in [2.45, 2.75) is 96.8 Å². The molecule has 3 aromatic rings. The number of aliphatic imine (C=N–C) groups is 1. The molecular formula is C35H43ClN2O4S. The average molecular weight is 623 g/mol. The Morgan fingerprint density at radius 2 is 1.44 bits per heavy atom. The number of thiocarbonyl (C=S) groups is 1. The molecule has 2 N–H and O–H groups in total. The molecule has 1 amide bonds. The molecule has 0 aliphatic heterocycles. The standard InChI is InChI=1S/C35H43ClN2O4S/c1-2-3-4-5-6-7-8-9-10-11-12-13-14-17-22-42-35(41)26-20-21-30(36)32(23-26)38-34(40)29-24-31(37-25-43)27-18-15-16-19-28(27)33(29)39/h15-16,18-21,23-24,39H,2-14,17,22H2,1H3,(H,38,40). The molecule has 0 saturated heterocycles. The van der Waals surface area contributed by atoms with Crippen LogP contribution in [-0.2, 0) is 4.74 Å². The summed E-state index contributed by atoms with van der Waals surface area (Å²) in [6, 6.07) is 13.0. The Bertz CT molecular complexity index is 1400. The van der Waals surface area contributed by atoms with Crippen molar-refractivity contribution >= 4 is 63.0 Å². The predicted octanol–water partition coefficient (Wildman–Crippen LogP) is 10.8. The summed E-state index contributed by atoms with van der Waals surface area (Å²) in [6.45, 7) is 2.60. The molecule has 6 nitrogen and oxygen atoms in total. The summed E-state index contributed by atoms with van der Waals surface area (Å²) < 4.78 is 5.47. The van der Waals surface area contributed by atoms with Gasteiger partial charge in [0.05, 0.1) is 39.3 Å². The second-order valence-electron chi connectivity index (χ2n) is 10.9. The molecule has 0 atom stereocenters. The van der Waals surface area contributed by atoms with E-state index in [9.17, 15) is 14.7 Å². The highest BCUT2D eigenvalue weighted by molar-refractivity contribution is 7.78. The van der Waals surface area contributed by atoms with Gasteiger partial charge in [-0.15, -0.1) is 0 Å². The van der Waals surface area contributed by atoms with E-state index in [1.165, 1.54) is 88.8 Å². The van der Waals surface area contributed by atoms with Gasteiger partial charge in [-0.25, -0.2) is 4.79 Å². The maximum Gasteiger partial charge on any atom is 0.338 e. The number of phenols is 1. The zero-order chi connectivity index (χ0) is 30.9. The van der Waals surface area contributed by atoms with E-state index >= 15 is 0 Å². The van der Waals surface area contributed by atoms with Gasteiger partial charge < -0.3 is 15.2 Å². The van der Waals surface area contributed by atoms with Crippen molar-refractivity contribution in [3.63, 3.8) is 0 Å². The summed E-state index contributed by atoms with van der Waals surface area (Å²) in [5, 5.41) is 17.1. The molecule has 0 saturated carbocycles. The number of ether oxygens (including phenoxy) is 1. The van der Waals surface area contributed by atoms with Crippen molar-refractivity contribution in [3.05, 3.63) is 64.7 Å². The normalized spacial score (nSPS) is 10.8. The van der Waals surface area contributed by atoms with Crippen LogP contribution < -0.4 is 5.32 Å². The number of anilines is 1. The summed E-state index contributed by atoms with van der Waals surface area (Å²) in [5.41, 5.74) is 0.897. The fourth-order valence-electron chi connectivity index (χ4n) is 5.14. The third-order valence-electron chi connectivity index (χ3n) is 7.59. The number of fused-ring (bicyclic) bond motifs is 1. The van der Waals surface area contributed by atoms with Crippen LogP contribution in [0.4, 0.5) is 11.4 Å². The Morgan fingerprint density at radius 3 is 2.05 bits per heavy atom. The number of unbranched alkanes of at least 4 members (excludes halogenated alkanes) is 13. The number of hydrogen-bond donors (Lipinski definition) is 2. The molecule has 3 aromatic carbocycles. The minimum atomic E-state index is -0.612. The lowest BCUT2D eigenvalue weighted by Crippen LogP contribution is -2.14. The number of carbonyl (C=O) groups excluding carboxylic acids is 2. The van der Waals surface area contributed by atoms with Gasteiger partial charge in [-0.1, -0.05) is 126 Å². The molecular weight excluding hydrogens is 580 g/mol. The number of nitrogens with one attached hydrogen (secondary N) is 1. The lowest BCUT2D eigenvalue weighted by atomic mass is 10.0. The highest BCUT2D eigenvalue weighted by atomic mass is 35.5. The lowest BCUT2D eigenvalue weighted by Gasteiger charge is -2.13. The first-order chi connectivity index (χ1) is 21.0. The van der Waals surface area contributed by atoms with Crippen LogP contribution in [0, 0.1) is 0 Å².